The zero-order valence-corrected chi connectivity index (χ0v) is 16.0. The van der Waals surface area contributed by atoms with E-state index in [9.17, 15) is 4.79 Å². The fourth-order valence-corrected chi connectivity index (χ4v) is 2.34. The molecule has 0 heterocycles. The zero-order chi connectivity index (χ0) is 18.5. The van der Waals surface area contributed by atoms with E-state index in [4.69, 9.17) is 15.2 Å². The minimum Gasteiger partial charge on any atom is -0.444 e. The Kier molecular flexibility index (Phi) is 10.2. The Morgan fingerprint density at radius 2 is 1.72 bits per heavy atom. The van der Waals surface area contributed by atoms with Crippen molar-refractivity contribution in [3.05, 3.63) is 35.9 Å². The summed E-state index contributed by atoms with van der Waals surface area (Å²) in [7, 11) is 0. The molecule has 0 bridgehead atoms. The summed E-state index contributed by atoms with van der Waals surface area (Å²) >= 11 is 0. The van der Waals surface area contributed by atoms with Crippen LogP contribution >= 0.6 is 0 Å². The molecule has 0 saturated carbocycles. The van der Waals surface area contributed by atoms with Crippen LogP contribution in [0, 0.1) is 0 Å². The summed E-state index contributed by atoms with van der Waals surface area (Å²) in [4.78, 5) is 14.1. The summed E-state index contributed by atoms with van der Waals surface area (Å²) in [6.45, 7) is 8.67. The molecule has 142 valence electrons. The quantitative estimate of drug-likeness (QED) is 0.614. The van der Waals surface area contributed by atoms with Gasteiger partial charge in [0, 0.05) is 19.7 Å². The second-order valence-corrected chi connectivity index (χ2v) is 7.20. The van der Waals surface area contributed by atoms with Crippen molar-refractivity contribution in [2.45, 2.75) is 58.6 Å². The molecule has 0 aliphatic rings. The van der Waals surface area contributed by atoms with Crippen molar-refractivity contribution < 1.29 is 14.3 Å². The Hall–Kier alpha value is -1.59. The number of benzene rings is 1. The Bertz CT molecular complexity index is 472. The van der Waals surface area contributed by atoms with Gasteiger partial charge >= 0.3 is 6.09 Å². The number of amides is 1. The molecule has 0 saturated heterocycles. The summed E-state index contributed by atoms with van der Waals surface area (Å²) in [5.41, 5.74) is 6.05. The van der Waals surface area contributed by atoms with Crippen LogP contribution in [0.4, 0.5) is 4.79 Å². The standard InChI is InChI=1S/C20H34N2O3/c1-20(2,3)25-19(23)22(17-18-11-7-6-8-12-18)14-16-24-15-10-5-4-9-13-21/h6-8,11-12H,4-5,9-10,13-17,21H2,1-3H3. The normalized spacial score (nSPS) is 11.4. The first kappa shape index (κ1) is 21.5. The minimum atomic E-state index is -0.504. The molecule has 1 amide bonds. The van der Waals surface area contributed by atoms with E-state index in [1.54, 1.807) is 4.90 Å². The van der Waals surface area contributed by atoms with Crippen LogP contribution in [0.2, 0.25) is 0 Å². The van der Waals surface area contributed by atoms with Crippen LogP contribution in [0.5, 0.6) is 0 Å². The van der Waals surface area contributed by atoms with Crippen LogP contribution in [0.3, 0.4) is 0 Å². The van der Waals surface area contributed by atoms with E-state index in [1.807, 2.05) is 51.1 Å². The van der Waals surface area contributed by atoms with Gasteiger partial charge in [0.05, 0.1) is 6.61 Å². The first-order chi connectivity index (χ1) is 11.9. The number of unbranched alkanes of at least 4 members (excludes halogenated alkanes) is 3. The van der Waals surface area contributed by atoms with Gasteiger partial charge in [-0.2, -0.15) is 0 Å². The number of carbonyl (C=O) groups excluding carboxylic acids is 1. The third kappa shape index (κ3) is 10.8. The van der Waals surface area contributed by atoms with Gasteiger partial charge in [0.1, 0.15) is 5.60 Å². The molecule has 0 aromatic heterocycles. The Labute approximate surface area is 152 Å². The first-order valence-corrected chi connectivity index (χ1v) is 9.22. The number of nitrogens with two attached hydrogens (primary N) is 1. The molecule has 2 N–H and O–H groups in total. The predicted octanol–water partition coefficient (Wildman–Crippen LogP) is 3.96. The van der Waals surface area contributed by atoms with Gasteiger partial charge in [-0.3, -0.25) is 0 Å². The van der Waals surface area contributed by atoms with E-state index in [2.05, 4.69) is 0 Å². The number of rotatable bonds is 11. The largest absolute Gasteiger partial charge is 0.444 e. The summed E-state index contributed by atoms with van der Waals surface area (Å²) in [5.74, 6) is 0. The highest BCUT2D eigenvalue weighted by molar-refractivity contribution is 5.68. The topological polar surface area (TPSA) is 64.8 Å². The molecular weight excluding hydrogens is 316 g/mol. The summed E-state index contributed by atoms with van der Waals surface area (Å²) < 4.78 is 11.2. The number of nitrogens with zero attached hydrogens (tertiary/aromatic N) is 1. The van der Waals surface area contributed by atoms with Gasteiger partial charge in [-0.15, -0.1) is 0 Å². The van der Waals surface area contributed by atoms with Crippen LogP contribution in [0.1, 0.15) is 52.0 Å². The van der Waals surface area contributed by atoms with Crippen LogP contribution in [-0.4, -0.2) is 42.9 Å². The second-order valence-electron chi connectivity index (χ2n) is 7.20. The van der Waals surface area contributed by atoms with Crippen LogP contribution in [0.25, 0.3) is 0 Å². The molecule has 0 aliphatic carbocycles. The molecule has 5 heteroatoms. The van der Waals surface area contributed by atoms with Gasteiger partial charge in [-0.05, 0) is 45.7 Å². The molecular formula is C20H34N2O3. The average molecular weight is 351 g/mol. The van der Waals surface area contributed by atoms with E-state index in [-0.39, 0.29) is 6.09 Å². The molecule has 0 aliphatic heterocycles. The molecule has 1 aromatic carbocycles. The smallest absolute Gasteiger partial charge is 0.410 e. The Morgan fingerprint density at radius 1 is 1.04 bits per heavy atom. The first-order valence-electron chi connectivity index (χ1n) is 9.22. The molecule has 0 radical (unpaired) electrons. The number of hydrogen-bond acceptors (Lipinski definition) is 4. The molecule has 0 atom stereocenters. The van der Waals surface area contributed by atoms with Gasteiger partial charge < -0.3 is 20.1 Å². The monoisotopic (exact) mass is 350 g/mol. The zero-order valence-electron chi connectivity index (χ0n) is 16.0. The number of ether oxygens (including phenoxy) is 2. The van der Waals surface area contributed by atoms with Crippen LogP contribution < -0.4 is 5.73 Å². The summed E-state index contributed by atoms with van der Waals surface area (Å²) in [6.07, 6.45) is 4.09. The highest BCUT2D eigenvalue weighted by Crippen LogP contribution is 2.12. The van der Waals surface area contributed by atoms with Gasteiger partial charge in [0.15, 0.2) is 0 Å². The summed E-state index contributed by atoms with van der Waals surface area (Å²) in [5, 5.41) is 0. The van der Waals surface area contributed by atoms with E-state index in [0.717, 1.165) is 44.4 Å². The van der Waals surface area contributed by atoms with E-state index in [1.165, 1.54) is 0 Å². The lowest BCUT2D eigenvalue weighted by Crippen LogP contribution is -2.38. The molecule has 0 unspecified atom stereocenters. The Balaban J connectivity index is 2.41. The maximum Gasteiger partial charge on any atom is 0.410 e. The SMILES string of the molecule is CC(C)(C)OC(=O)N(CCOCCCCCCN)Cc1ccccc1. The molecule has 0 spiro atoms. The molecule has 1 aromatic rings. The van der Waals surface area contributed by atoms with Gasteiger partial charge in [0.25, 0.3) is 0 Å². The van der Waals surface area contributed by atoms with Crippen molar-refractivity contribution >= 4 is 6.09 Å². The third-order valence-electron chi connectivity index (χ3n) is 3.62. The summed E-state index contributed by atoms with van der Waals surface area (Å²) in [6, 6.07) is 9.93. The van der Waals surface area contributed by atoms with E-state index < -0.39 is 5.60 Å². The maximum absolute atomic E-state index is 12.4. The van der Waals surface area contributed by atoms with E-state index >= 15 is 0 Å². The molecule has 5 nitrogen and oxygen atoms in total. The third-order valence-corrected chi connectivity index (χ3v) is 3.62. The fraction of sp³-hybridized carbons (Fsp3) is 0.650. The van der Waals surface area contributed by atoms with Crippen molar-refractivity contribution in [2.75, 3.05) is 26.3 Å². The lowest BCUT2D eigenvalue weighted by molar-refractivity contribution is 0.0155. The number of hydrogen-bond donors (Lipinski definition) is 1. The van der Waals surface area contributed by atoms with Crippen LogP contribution in [0.15, 0.2) is 30.3 Å². The lowest BCUT2D eigenvalue weighted by atomic mass is 10.2. The van der Waals surface area contributed by atoms with Crippen molar-refractivity contribution in [1.29, 1.82) is 0 Å². The van der Waals surface area contributed by atoms with E-state index in [0.29, 0.717) is 19.7 Å². The molecule has 25 heavy (non-hydrogen) atoms. The van der Waals surface area contributed by atoms with Crippen molar-refractivity contribution in [3.63, 3.8) is 0 Å². The fourth-order valence-electron chi connectivity index (χ4n) is 2.34. The number of carbonyl (C=O) groups is 1. The maximum atomic E-state index is 12.4. The predicted molar refractivity (Wildman–Crippen MR) is 101 cm³/mol. The molecule has 0 fully saturated rings. The minimum absolute atomic E-state index is 0.303. The highest BCUT2D eigenvalue weighted by Gasteiger charge is 2.22. The van der Waals surface area contributed by atoms with Crippen LogP contribution in [-0.2, 0) is 16.0 Å². The van der Waals surface area contributed by atoms with Crippen molar-refractivity contribution in [2.24, 2.45) is 5.73 Å². The van der Waals surface area contributed by atoms with Gasteiger partial charge in [-0.25, -0.2) is 4.79 Å². The van der Waals surface area contributed by atoms with Crippen molar-refractivity contribution in [3.8, 4) is 0 Å². The highest BCUT2D eigenvalue weighted by atomic mass is 16.6. The second kappa shape index (κ2) is 11.9. The average Bonchev–Trinajstić information content (AvgIpc) is 2.55. The van der Waals surface area contributed by atoms with Crippen molar-refractivity contribution in [1.82, 2.24) is 4.90 Å². The van der Waals surface area contributed by atoms with Gasteiger partial charge in [-0.1, -0.05) is 43.2 Å². The molecule has 1 rings (SSSR count). The Morgan fingerprint density at radius 3 is 2.36 bits per heavy atom. The van der Waals surface area contributed by atoms with Gasteiger partial charge in [0.2, 0.25) is 0 Å². The lowest BCUT2D eigenvalue weighted by Gasteiger charge is -2.27.